The van der Waals surface area contributed by atoms with Gasteiger partial charge in [-0.25, -0.2) is 12.7 Å². The highest BCUT2D eigenvalue weighted by atomic mass is 32.2. The first kappa shape index (κ1) is 14.0. The fourth-order valence-corrected chi connectivity index (χ4v) is 2.51. The smallest absolute Gasteiger partial charge is 0.231 e. The molecule has 0 aliphatic heterocycles. The summed E-state index contributed by atoms with van der Waals surface area (Å²) in [5.41, 5.74) is 0. The molecule has 1 aliphatic carbocycles. The van der Waals surface area contributed by atoms with E-state index in [4.69, 9.17) is 0 Å². The molecule has 0 N–H and O–H groups in total. The zero-order valence-corrected chi connectivity index (χ0v) is 11.2. The second kappa shape index (κ2) is 6.01. The average molecular weight is 254 g/mol. The minimum Gasteiger partial charge on any atom is -0.308 e. The van der Waals surface area contributed by atoms with E-state index in [2.05, 4.69) is 11.8 Å². The molecule has 0 aromatic carbocycles. The number of hydrogen-bond acceptors (Lipinski definition) is 3. The largest absolute Gasteiger partial charge is 0.308 e. The first-order valence-corrected chi connectivity index (χ1v) is 6.89. The van der Waals surface area contributed by atoms with Gasteiger partial charge < -0.3 is 4.90 Å². The molecule has 94 valence electrons. The van der Waals surface area contributed by atoms with Crippen LogP contribution in [0.3, 0.4) is 0 Å². The van der Waals surface area contributed by atoms with Crippen molar-refractivity contribution in [2.75, 3.05) is 34.2 Å². The van der Waals surface area contributed by atoms with Gasteiger partial charge >= 0.3 is 0 Å². The Morgan fingerprint density at radius 3 is 2.53 bits per heavy atom. The molecule has 0 aromatic rings. The highest BCUT2D eigenvalue weighted by Crippen LogP contribution is 2.09. The monoisotopic (exact) mass is 254 g/mol. The summed E-state index contributed by atoms with van der Waals surface area (Å²) < 4.78 is 25.7. The van der Waals surface area contributed by atoms with Crippen molar-refractivity contribution in [3.05, 3.63) is 24.3 Å². The van der Waals surface area contributed by atoms with Gasteiger partial charge in [0.05, 0.1) is 0 Å². The normalized spacial score (nSPS) is 19.2. The van der Waals surface area contributed by atoms with Crippen LogP contribution in [0.25, 0.3) is 0 Å². The molecule has 0 aromatic heterocycles. The summed E-state index contributed by atoms with van der Waals surface area (Å²) in [6.45, 7) is 1.16. The van der Waals surface area contributed by atoms with Crippen molar-refractivity contribution in [3.8, 4) is 11.8 Å². The standard InChI is InChI=1S/C12H18N2O2S/c1-13(2)10-11-14(3)17(15,16)12-8-6-4-5-7-9-12/h4-6,8,12H,10-11H2,1-3H3. The summed E-state index contributed by atoms with van der Waals surface area (Å²) in [5.74, 6) is 5.44. The molecule has 0 radical (unpaired) electrons. The maximum atomic E-state index is 12.2. The van der Waals surface area contributed by atoms with E-state index in [0.29, 0.717) is 13.1 Å². The van der Waals surface area contributed by atoms with Gasteiger partial charge in [0, 0.05) is 20.1 Å². The highest BCUT2D eigenvalue weighted by molar-refractivity contribution is 7.90. The third kappa shape index (κ3) is 4.00. The van der Waals surface area contributed by atoms with Gasteiger partial charge in [0.1, 0.15) is 0 Å². The van der Waals surface area contributed by atoms with Gasteiger partial charge in [-0.2, -0.15) is 0 Å². The molecule has 1 aliphatic rings. The second-order valence-corrected chi connectivity index (χ2v) is 6.28. The van der Waals surface area contributed by atoms with Crippen LogP contribution in [0.4, 0.5) is 0 Å². The van der Waals surface area contributed by atoms with Crippen LogP contribution in [0, 0.1) is 11.8 Å². The summed E-state index contributed by atoms with van der Waals surface area (Å²) in [4.78, 5) is 1.95. The van der Waals surface area contributed by atoms with E-state index >= 15 is 0 Å². The lowest BCUT2D eigenvalue weighted by atomic mass is 10.4. The van der Waals surface area contributed by atoms with Crippen molar-refractivity contribution in [3.63, 3.8) is 0 Å². The minimum absolute atomic E-state index is 0.467. The molecule has 0 heterocycles. The van der Waals surface area contributed by atoms with Crippen LogP contribution in [-0.4, -0.2) is 57.1 Å². The van der Waals surface area contributed by atoms with Gasteiger partial charge in [0.2, 0.25) is 10.0 Å². The zero-order chi connectivity index (χ0) is 12.9. The quantitative estimate of drug-likeness (QED) is 0.663. The van der Waals surface area contributed by atoms with Crippen molar-refractivity contribution in [1.82, 2.24) is 9.21 Å². The molecule has 17 heavy (non-hydrogen) atoms. The van der Waals surface area contributed by atoms with E-state index in [-0.39, 0.29) is 0 Å². The summed E-state index contributed by atoms with van der Waals surface area (Å²) in [7, 11) is 2.04. The van der Waals surface area contributed by atoms with Crippen molar-refractivity contribution in [2.45, 2.75) is 5.25 Å². The molecular weight excluding hydrogens is 236 g/mol. The summed E-state index contributed by atoms with van der Waals surface area (Å²) in [6.07, 6.45) is 6.70. The predicted octanol–water partition coefficient (Wildman–Crippen LogP) is 0.308. The first-order valence-electron chi connectivity index (χ1n) is 5.39. The Morgan fingerprint density at radius 1 is 1.18 bits per heavy atom. The Bertz CT molecular complexity index is 466. The van der Waals surface area contributed by atoms with Gasteiger partial charge in [-0.15, -0.1) is 0 Å². The zero-order valence-electron chi connectivity index (χ0n) is 10.4. The number of hydrogen-bond donors (Lipinski definition) is 0. The van der Waals surface area contributed by atoms with Gasteiger partial charge in [0.15, 0.2) is 5.25 Å². The third-order valence-electron chi connectivity index (χ3n) is 2.42. The van der Waals surface area contributed by atoms with Crippen LogP contribution in [0.2, 0.25) is 0 Å². The Labute approximate surface area is 104 Å². The fourth-order valence-electron chi connectivity index (χ4n) is 1.28. The molecule has 0 amide bonds. The molecule has 0 saturated carbocycles. The topological polar surface area (TPSA) is 40.6 Å². The second-order valence-electron chi connectivity index (χ2n) is 4.12. The van der Waals surface area contributed by atoms with Crippen LogP contribution < -0.4 is 0 Å². The van der Waals surface area contributed by atoms with E-state index < -0.39 is 15.3 Å². The summed E-state index contributed by atoms with van der Waals surface area (Å²) >= 11 is 0. The average Bonchev–Trinajstić information content (AvgIpc) is 2.54. The van der Waals surface area contributed by atoms with Gasteiger partial charge in [-0.3, -0.25) is 0 Å². The molecule has 0 saturated heterocycles. The highest BCUT2D eigenvalue weighted by Gasteiger charge is 2.26. The van der Waals surface area contributed by atoms with Crippen LogP contribution >= 0.6 is 0 Å². The number of rotatable bonds is 5. The third-order valence-corrected chi connectivity index (χ3v) is 4.39. The van der Waals surface area contributed by atoms with Gasteiger partial charge in [-0.05, 0) is 20.2 Å². The Morgan fingerprint density at radius 2 is 1.88 bits per heavy atom. The molecule has 1 unspecified atom stereocenters. The van der Waals surface area contributed by atoms with E-state index in [0.717, 1.165) is 0 Å². The molecule has 1 rings (SSSR count). The lowest BCUT2D eigenvalue weighted by Gasteiger charge is -2.21. The Balaban J connectivity index is 2.76. The van der Waals surface area contributed by atoms with Gasteiger partial charge in [0.25, 0.3) is 0 Å². The van der Waals surface area contributed by atoms with Crippen molar-refractivity contribution >= 4 is 10.0 Å². The minimum atomic E-state index is -3.37. The lowest BCUT2D eigenvalue weighted by molar-refractivity contribution is 0.358. The predicted molar refractivity (Wildman–Crippen MR) is 69.9 cm³/mol. The Hall–Kier alpha value is -1.09. The lowest BCUT2D eigenvalue weighted by Crippen LogP contribution is -2.38. The van der Waals surface area contributed by atoms with Crippen molar-refractivity contribution in [1.29, 1.82) is 0 Å². The molecule has 1 atom stereocenters. The molecule has 0 fully saturated rings. The maximum absolute atomic E-state index is 12.2. The van der Waals surface area contributed by atoms with Crippen molar-refractivity contribution in [2.24, 2.45) is 0 Å². The maximum Gasteiger partial charge on any atom is 0.231 e. The molecule has 0 bridgehead atoms. The van der Waals surface area contributed by atoms with Crippen LogP contribution in [0.5, 0.6) is 0 Å². The van der Waals surface area contributed by atoms with E-state index in [1.165, 1.54) is 4.31 Å². The number of nitrogens with zero attached hydrogens (tertiary/aromatic N) is 2. The SMILES string of the molecule is CN(C)CCN(C)S(=O)(=O)C1C#CC=CC=C1. The first-order chi connectivity index (χ1) is 7.94. The number of allylic oxidation sites excluding steroid dienone is 3. The van der Waals surface area contributed by atoms with Crippen LogP contribution in [0.1, 0.15) is 0 Å². The van der Waals surface area contributed by atoms with E-state index in [1.807, 2.05) is 19.0 Å². The molecule has 0 spiro atoms. The summed E-state index contributed by atoms with van der Waals surface area (Å²) in [6, 6.07) is 0. The van der Waals surface area contributed by atoms with E-state index in [1.54, 1.807) is 31.4 Å². The summed E-state index contributed by atoms with van der Waals surface area (Å²) in [5, 5.41) is -0.746. The number of likely N-dealkylation sites (N-methyl/N-ethyl adjacent to an activating group) is 2. The fraction of sp³-hybridized carbons (Fsp3) is 0.500. The molecular formula is C12H18N2O2S. The molecule has 5 heteroatoms. The number of sulfonamides is 1. The molecule has 4 nitrogen and oxygen atoms in total. The van der Waals surface area contributed by atoms with Gasteiger partial charge in [-0.1, -0.05) is 30.1 Å². The van der Waals surface area contributed by atoms with Crippen molar-refractivity contribution < 1.29 is 8.42 Å². The van der Waals surface area contributed by atoms with E-state index in [9.17, 15) is 8.42 Å². The van der Waals surface area contributed by atoms with Crippen LogP contribution in [-0.2, 0) is 10.0 Å². The van der Waals surface area contributed by atoms with Crippen LogP contribution in [0.15, 0.2) is 24.3 Å². The Kier molecular flexibility index (Phi) is 4.94.